The molecule has 4 aromatic carbocycles. The highest BCUT2D eigenvalue weighted by Crippen LogP contribution is 2.53. The summed E-state index contributed by atoms with van der Waals surface area (Å²) < 4.78 is 0. The van der Waals surface area contributed by atoms with Crippen molar-refractivity contribution in [2.75, 3.05) is 36.0 Å². The molecule has 1 saturated carbocycles. The lowest BCUT2D eigenvalue weighted by atomic mass is 9.69. The zero-order valence-electron chi connectivity index (χ0n) is 28.9. The van der Waals surface area contributed by atoms with E-state index in [1.54, 1.807) is 65.6 Å². The van der Waals surface area contributed by atoms with E-state index in [0.717, 1.165) is 43.4 Å². The van der Waals surface area contributed by atoms with Gasteiger partial charge in [-0.1, -0.05) is 104 Å². The number of phenols is 1. The van der Waals surface area contributed by atoms with Gasteiger partial charge in [0.2, 0.25) is 11.8 Å². The first kappa shape index (κ1) is 34.0. The summed E-state index contributed by atoms with van der Waals surface area (Å²) in [6.07, 6.45) is 4.42. The number of amides is 3. The fourth-order valence-electron chi connectivity index (χ4n) is 8.22. The van der Waals surface area contributed by atoms with E-state index in [4.69, 9.17) is 0 Å². The van der Waals surface area contributed by atoms with Crippen molar-refractivity contribution in [3.63, 3.8) is 0 Å². The molecule has 262 valence electrons. The van der Waals surface area contributed by atoms with Crippen LogP contribution in [0.3, 0.4) is 0 Å². The lowest BCUT2D eigenvalue weighted by molar-refractivity contribution is -0.140. The third kappa shape index (κ3) is 6.26. The average Bonchev–Trinajstić information content (AvgIpc) is 3.45. The van der Waals surface area contributed by atoms with Gasteiger partial charge in [0.1, 0.15) is 11.7 Å². The minimum atomic E-state index is -2.24. The molecule has 2 heterocycles. The first-order chi connectivity index (χ1) is 24.8. The number of nitrogens with one attached hydrogen (secondary N) is 1. The Morgan fingerprint density at radius 2 is 1.33 bits per heavy atom. The SMILES string of the molecule is Cc1ccc(N2C(=O)C(C(=O)N3CCN(c4ccccc4)CC3)C(c3ccccc3O)C2(C(=O)NC2CCCCC2)C(=O)c2ccccc2)cc1. The highest BCUT2D eigenvalue weighted by atomic mass is 16.3. The molecule has 9 nitrogen and oxygen atoms in total. The molecule has 2 saturated heterocycles. The maximum Gasteiger partial charge on any atom is 0.255 e. The Bertz CT molecular complexity index is 1890. The minimum Gasteiger partial charge on any atom is -0.508 e. The van der Waals surface area contributed by atoms with Gasteiger partial charge in [0.15, 0.2) is 11.3 Å². The van der Waals surface area contributed by atoms with Crippen molar-refractivity contribution < 1.29 is 24.3 Å². The van der Waals surface area contributed by atoms with Gasteiger partial charge in [-0.2, -0.15) is 0 Å². The van der Waals surface area contributed by atoms with E-state index in [1.165, 1.54) is 11.0 Å². The molecule has 0 spiro atoms. The summed E-state index contributed by atoms with van der Waals surface area (Å²) in [4.78, 5) is 66.1. The number of carbonyl (C=O) groups is 4. The number of Topliss-reactive ketones (excluding diaryl/α,β-unsaturated/α-hetero) is 1. The smallest absolute Gasteiger partial charge is 0.255 e. The molecule has 3 atom stereocenters. The number of para-hydroxylation sites is 2. The van der Waals surface area contributed by atoms with Crippen LogP contribution < -0.4 is 15.1 Å². The number of phenolic OH excluding ortho intramolecular Hbond substituents is 1. The maximum atomic E-state index is 15.4. The Labute approximate surface area is 298 Å². The van der Waals surface area contributed by atoms with E-state index in [9.17, 15) is 9.90 Å². The van der Waals surface area contributed by atoms with Crippen LogP contribution in [-0.2, 0) is 14.4 Å². The molecular weight excluding hydrogens is 640 g/mol. The van der Waals surface area contributed by atoms with Gasteiger partial charge in [0.05, 0.1) is 0 Å². The molecule has 0 aromatic heterocycles. The molecule has 51 heavy (non-hydrogen) atoms. The number of aryl methyl sites for hydroxylation is 1. The number of ketones is 1. The van der Waals surface area contributed by atoms with E-state index >= 15 is 14.4 Å². The predicted octanol–water partition coefficient (Wildman–Crippen LogP) is 5.87. The lowest BCUT2D eigenvalue weighted by Crippen LogP contribution is -2.65. The van der Waals surface area contributed by atoms with Gasteiger partial charge in [-0.25, -0.2) is 0 Å². The fraction of sp³-hybridized carbons (Fsp3) is 0.333. The molecule has 2 N–H and O–H groups in total. The summed E-state index contributed by atoms with van der Waals surface area (Å²) >= 11 is 0. The Hall–Kier alpha value is -5.44. The van der Waals surface area contributed by atoms with E-state index < -0.39 is 40.9 Å². The monoisotopic (exact) mass is 684 g/mol. The molecule has 3 unspecified atom stereocenters. The van der Waals surface area contributed by atoms with Gasteiger partial charge in [-0.15, -0.1) is 0 Å². The summed E-state index contributed by atoms with van der Waals surface area (Å²) in [6, 6.07) is 31.8. The van der Waals surface area contributed by atoms with Gasteiger partial charge in [0, 0.05) is 60.6 Å². The maximum absolute atomic E-state index is 15.4. The third-order valence-electron chi connectivity index (χ3n) is 10.8. The number of nitrogens with zero attached hydrogens (tertiary/aromatic N) is 3. The quantitative estimate of drug-likeness (QED) is 0.178. The van der Waals surface area contributed by atoms with E-state index in [1.807, 2.05) is 49.4 Å². The third-order valence-corrected chi connectivity index (χ3v) is 10.8. The number of aromatic hydroxyl groups is 1. The van der Waals surface area contributed by atoms with E-state index in [-0.39, 0.29) is 22.9 Å². The van der Waals surface area contributed by atoms with Gasteiger partial charge in [-0.3, -0.25) is 24.1 Å². The van der Waals surface area contributed by atoms with Crippen LogP contribution in [0.4, 0.5) is 11.4 Å². The van der Waals surface area contributed by atoms with E-state index in [2.05, 4.69) is 10.2 Å². The number of hydrogen-bond acceptors (Lipinski definition) is 6. The molecule has 0 radical (unpaired) electrons. The number of anilines is 2. The molecule has 9 heteroatoms. The van der Waals surface area contributed by atoms with Gasteiger partial charge >= 0.3 is 0 Å². The summed E-state index contributed by atoms with van der Waals surface area (Å²) in [6.45, 7) is 3.72. The summed E-state index contributed by atoms with van der Waals surface area (Å²) in [5, 5.41) is 14.7. The van der Waals surface area contributed by atoms with E-state index in [0.29, 0.717) is 31.9 Å². The first-order valence-corrected chi connectivity index (χ1v) is 18.0. The summed E-state index contributed by atoms with van der Waals surface area (Å²) in [5.41, 5.74) is 0.495. The molecule has 2 aliphatic heterocycles. The van der Waals surface area contributed by atoms with Crippen LogP contribution in [0.15, 0.2) is 109 Å². The van der Waals surface area contributed by atoms with Crippen molar-refractivity contribution in [3.8, 4) is 5.75 Å². The summed E-state index contributed by atoms with van der Waals surface area (Å²) in [5.74, 6) is -5.37. The van der Waals surface area contributed by atoms with Crippen molar-refractivity contribution in [1.82, 2.24) is 10.2 Å². The lowest BCUT2D eigenvalue weighted by Gasteiger charge is -2.41. The normalized spacial score (nSPS) is 22.5. The van der Waals surface area contributed by atoms with Crippen molar-refractivity contribution in [2.45, 2.75) is 56.5 Å². The van der Waals surface area contributed by atoms with Gasteiger partial charge in [0.25, 0.3) is 5.91 Å². The van der Waals surface area contributed by atoms with Gasteiger partial charge in [-0.05, 0) is 50.1 Å². The Morgan fingerprint density at radius 1 is 0.725 bits per heavy atom. The van der Waals surface area contributed by atoms with Crippen molar-refractivity contribution in [1.29, 1.82) is 0 Å². The molecule has 4 aromatic rings. The van der Waals surface area contributed by atoms with Crippen LogP contribution >= 0.6 is 0 Å². The highest BCUT2D eigenvalue weighted by molar-refractivity contribution is 6.30. The molecule has 0 bridgehead atoms. The Morgan fingerprint density at radius 3 is 1.98 bits per heavy atom. The Balaban J connectivity index is 1.41. The number of rotatable bonds is 8. The second-order valence-electron chi connectivity index (χ2n) is 13.9. The molecule has 7 rings (SSSR count). The minimum absolute atomic E-state index is 0.191. The van der Waals surface area contributed by atoms with Crippen LogP contribution in [0.25, 0.3) is 0 Å². The van der Waals surface area contributed by atoms with Crippen LogP contribution in [0.1, 0.15) is 59.5 Å². The zero-order chi connectivity index (χ0) is 35.5. The largest absolute Gasteiger partial charge is 0.508 e. The molecule has 3 amide bonds. The van der Waals surface area contributed by atoms with Crippen LogP contribution in [0, 0.1) is 12.8 Å². The fourth-order valence-corrected chi connectivity index (χ4v) is 8.22. The molecule has 1 aliphatic carbocycles. The van der Waals surface area contributed by atoms with Crippen LogP contribution in [0.2, 0.25) is 0 Å². The standard InChI is InChI=1S/C42H44N4O5/c1-29-21-23-33(24-22-29)46-40(50)36(39(49)45-27-25-44(26-28-45)32-17-9-4-10-18-32)37(34-19-11-12-20-35(34)47)42(46,38(48)30-13-5-2-6-14-30)41(51)43-31-15-7-3-8-16-31/h2,4-6,9-14,17-24,31,36-37,47H,3,7-8,15-16,25-28H2,1H3,(H,43,51). The van der Waals surface area contributed by atoms with Crippen molar-refractivity contribution in [2.24, 2.45) is 5.92 Å². The second-order valence-corrected chi connectivity index (χ2v) is 13.9. The van der Waals surface area contributed by atoms with Gasteiger partial charge < -0.3 is 20.2 Å². The zero-order valence-corrected chi connectivity index (χ0v) is 28.9. The van der Waals surface area contributed by atoms with Crippen molar-refractivity contribution >= 4 is 34.9 Å². The van der Waals surface area contributed by atoms with Crippen LogP contribution in [0.5, 0.6) is 5.75 Å². The number of hydrogen-bond donors (Lipinski definition) is 2. The highest BCUT2D eigenvalue weighted by Gasteiger charge is 2.70. The second kappa shape index (κ2) is 14.4. The predicted molar refractivity (Wildman–Crippen MR) is 197 cm³/mol. The molecule has 3 aliphatic rings. The van der Waals surface area contributed by atoms with Crippen molar-refractivity contribution in [3.05, 3.63) is 126 Å². The number of benzene rings is 4. The molecule has 3 fully saturated rings. The molecular formula is C42H44N4O5. The first-order valence-electron chi connectivity index (χ1n) is 18.0. The van der Waals surface area contributed by atoms with Crippen LogP contribution in [-0.4, -0.2) is 71.3 Å². The topological polar surface area (TPSA) is 110 Å². The summed E-state index contributed by atoms with van der Waals surface area (Å²) in [7, 11) is 0. The average molecular weight is 685 g/mol. The number of piperazine rings is 1. The Kier molecular flexibility index (Phi) is 9.62. The number of carbonyl (C=O) groups excluding carboxylic acids is 4.